The van der Waals surface area contributed by atoms with Crippen LogP contribution in [0, 0.1) is 0 Å². The average molecular weight is 321 g/mol. The van der Waals surface area contributed by atoms with Gasteiger partial charge in [-0.1, -0.05) is 6.07 Å². The minimum atomic E-state index is -0.290. The van der Waals surface area contributed by atoms with E-state index in [0.717, 1.165) is 35.8 Å². The van der Waals surface area contributed by atoms with E-state index in [1.54, 1.807) is 21.6 Å². The number of amides is 2. The van der Waals surface area contributed by atoms with Crippen LogP contribution in [0.3, 0.4) is 0 Å². The molecule has 1 N–H and O–H groups in total. The summed E-state index contributed by atoms with van der Waals surface area (Å²) in [7, 11) is 0. The molecule has 1 aliphatic rings. The van der Waals surface area contributed by atoms with Crippen molar-refractivity contribution in [3.05, 3.63) is 28.6 Å². The first kappa shape index (κ1) is 14.2. The zero-order valence-electron chi connectivity index (χ0n) is 11.4. The maximum atomic E-state index is 12.0. The van der Waals surface area contributed by atoms with E-state index >= 15 is 0 Å². The smallest absolute Gasteiger partial charge is 0.271 e. The van der Waals surface area contributed by atoms with E-state index in [0.29, 0.717) is 5.69 Å². The molecule has 3 heterocycles. The van der Waals surface area contributed by atoms with Gasteiger partial charge in [-0.15, -0.1) is 22.7 Å². The highest BCUT2D eigenvalue weighted by molar-refractivity contribution is 7.20. The van der Waals surface area contributed by atoms with Crippen molar-refractivity contribution in [1.82, 2.24) is 15.2 Å². The molecular formula is C14H15N3O2S2. The number of thiazole rings is 1. The highest BCUT2D eigenvalue weighted by Gasteiger charge is 2.19. The Morgan fingerprint density at radius 3 is 2.81 bits per heavy atom. The van der Waals surface area contributed by atoms with Gasteiger partial charge in [-0.2, -0.15) is 0 Å². The lowest BCUT2D eigenvalue weighted by atomic mass is 10.4. The molecule has 0 aliphatic carbocycles. The van der Waals surface area contributed by atoms with Crippen molar-refractivity contribution in [1.29, 1.82) is 0 Å². The Hall–Kier alpha value is -1.73. The number of nitrogens with one attached hydrogen (secondary N) is 1. The first-order chi connectivity index (χ1) is 10.2. The highest BCUT2D eigenvalue weighted by atomic mass is 32.1. The van der Waals surface area contributed by atoms with Crippen LogP contribution in [0.25, 0.3) is 9.88 Å². The van der Waals surface area contributed by atoms with E-state index in [1.807, 2.05) is 17.5 Å². The number of rotatable bonds is 4. The first-order valence-corrected chi connectivity index (χ1v) is 8.55. The minimum Gasteiger partial charge on any atom is -0.342 e. The molecule has 0 unspecified atom stereocenters. The number of aromatic nitrogens is 1. The van der Waals surface area contributed by atoms with Crippen LogP contribution in [0.15, 0.2) is 22.9 Å². The Morgan fingerprint density at radius 2 is 2.10 bits per heavy atom. The summed E-state index contributed by atoms with van der Waals surface area (Å²) in [6.07, 6.45) is 2.10. The second-order valence-electron chi connectivity index (χ2n) is 4.79. The van der Waals surface area contributed by atoms with E-state index in [2.05, 4.69) is 10.3 Å². The monoisotopic (exact) mass is 321 g/mol. The van der Waals surface area contributed by atoms with Gasteiger partial charge in [0.2, 0.25) is 5.91 Å². The van der Waals surface area contributed by atoms with Gasteiger partial charge < -0.3 is 10.2 Å². The van der Waals surface area contributed by atoms with Crippen molar-refractivity contribution in [2.45, 2.75) is 12.8 Å². The largest absolute Gasteiger partial charge is 0.342 e. The number of carbonyl (C=O) groups is 2. The molecule has 2 aromatic rings. The molecule has 110 valence electrons. The molecule has 0 saturated carbocycles. The van der Waals surface area contributed by atoms with E-state index < -0.39 is 0 Å². The molecule has 0 radical (unpaired) electrons. The predicted octanol–water partition coefficient (Wildman–Crippen LogP) is 2.22. The number of hydrogen-bond acceptors (Lipinski definition) is 5. The first-order valence-electron chi connectivity index (χ1n) is 6.79. The zero-order chi connectivity index (χ0) is 14.7. The summed E-state index contributed by atoms with van der Waals surface area (Å²) in [5.74, 6) is -0.309. The second kappa shape index (κ2) is 6.36. The van der Waals surface area contributed by atoms with Crippen molar-refractivity contribution in [3.63, 3.8) is 0 Å². The molecule has 0 atom stereocenters. The summed E-state index contributed by atoms with van der Waals surface area (Å²) < 4.78 is 0. The minimum absolute atomic E-state index is 0.0189. The summed E-state index contributed by atoms with van der Waals surface area (Å²) in [6.45, 7) is 1.65. The van der Waals surface area contributed by atoms with Crippen molar-refractivity contribution in [2.24, 2.45) is 0 Å². The maximum Gasteiger partial charge on any atom is 0.271 e. The number of carbonyl (C=O) groups excluding carboxylic acids is 2. The quantitative estimate of drug-likeness (QED) is 0.939. The number of nitrogens with zero attached hydrogens (tertiary/aromatic N) is 2. The number of likely N-dealkylation sites (tertiary alicyclic amines) is 1. The van der Waals surface area contributed by atoms with Crippen molar-refractivity contribution >= 4 is 34.5 Å². The van der Waals surface area contributed by atoms with E-state index in [-0.39, 0.29) is 18.4 Å². The van der Waals surface area contributed by atoms with Crippen LogP contribution in [0.4, 0.5) is 0 Å². The topological polar surface area (TPSA) is 62.3 Å². The van der Waals surface area contributed by atoms with Crippen LogP contribution in [0.5, 0.6) is 0 Å². The van der Waals surface area contributed by atoms with Crippen molar-refractivity contribution in [2.75, 3.05) is 19.6 Å². The van der Waals surface area contributed by atoms with Gasteiger partial charge in [0, 0.05) is 18.5 Å². The molecule has 1 fully saturated rings. The summed E-state index contributed by atoms with van der Waals surface area (Å²) in [5, 5.41) is 7.19. The summed E-state index contributed by atoms with van der Waals surface area (Å²) in [5.41, 5.74) is 0.373. The molecule has 3 rings (SSSR count). The fourth-order valence-electron chi connectivity index (χ4n) is 2.22. The molecule has 0 spiro atoms. The van der Waals surface area contributed by atoms with Gasteiger partial charge in [-0.3, -0.25) is 9.59 Å². The molecular weight excluding hydrogens is 306 g/mol. The molecule has 1 saturated heterocycles. The van der Waals surface area contributed by atoms with Crippen LogP contribution in [-0.2, 0) is 4.79 Å². The number of thiophene rings is 1. The third kappa shape index (κ3) is 3.30. The predicted molar refractivity (Wildman–Crippen MR) is 83.6 cm³/mol. The fraction of sp³-hybridized carbons (Fsp3) is 0.357. The lowest BCUT2D eigenvalue weighted by molar-refractivity contribution is -0.129. The molecule has 7 heteroatoms. The Morgan fingerprint density at radius 1 is 1.29 bits per heavy atom. The summed E-state index contributed by atoms with van der Waals surface area (Å²) in [4.78, 5) is 31.0. The van der Waals surface area contributed by atoms with Crippen LogP contribution < -0.4 is 5.32 Å². The third-order valence-electron chi connectivity index (χ3n) is 3.33. The van der Waals surface area contributed by atoms with Crippen molar-refractivity contribution < 1.29 is 9.59 Å². The Kier molecular flexibility index (Phi) is 4.31. The summed E-state index contributed by atoms with van der Waals surface area (Å²) in [6, 6.07) is 3.93. The summed E-state index contributed by atoms with van der Waals surface area (Å²) >= 11 is 3.03. The van der Waals surface area contributed by atoms with E-state index in [9.17, 15) is 9.59 Å². The van der Waals surface area contributed by atoms with E-state index in [4.69, 9.17) is 0 Å². The molecule has 2 aromatic heterocycles. The molecule has 5 nitrogen and oxygen atoms in total. The highest BCUT2D eigenvalue weighted by Crippen LogP contribution is 2.27. The van der Waals surface area contributed by atoms with Crippen LogP contribution >= 0.6 is 22.7 Å². The van der Waals surface area contributed by atoms with Gasteiger partial charge in [0.15, 0.2) is 0 Å². The van der Waals surface area contributed by atoms with Gasteiger partial charge in [0.05, 0.1) is 11.4 Å². The lowest BCUT2D eigenvalue weighted by Gasteiger charge is -2.14. The van der Waals surface area contributed by atoms with Crippen molar-refractivity contribution in [3.8, 4) is 9.88 Å². The average Bonchev–Trinajstić information content (AvgIpc) is 3.25. The molecule has 1 aliphatic heterocycles. The molecule has 0 aromatic carbocycles. The molecule has 0 bridgehead atoms. The standard InChI is InChI=1S/C14H15N3O2S2/c18-12(17-5-1-2-6-17)8-15-13(19)10-9-21-14(16-10)11-4-3-7-20-11/h3-4,7,9H,1-2,5-6,8H2,(H,15,19). The fourth-order valence-corrected chi connectivity index (χ4v) is 3.83. The number of hydrogen-bond donors (Lipinski definition) is 1. The Bertz CT molecular complexity index is 630. The normalized spacial score (nSPS) is 14.4. The zero-order valence-corrected chi connectivity index (χ0v) is 13.0. The van der Waals surface area contributed by atoms with Gasteiger partial charge in [0.1, 0.15) is 10.7 Å². The molecule has 21 heavy (non-hydrogen) atoms. The van der Waals surface area contributed by atoms with Crippen LogP contribution in [0.2, 0.25) is 0 Å². The lowest BCUT2D eigenvalue weighted by Crippen LogP contribution is -2.38. The SMILES string of the molecule is O=C(NCC(=O)N1CCCC1)c1csc(-c2cccs2)n1. The van der Waals surface area contributed by atoms with Gasteiger partial charge >= 0.3 is 0 Å². The van der Waals surface area contributed by atoms with Crippen LogP contribution in [-0.4, -0.2) is 41.3 Å². The van der Waals surface area contributed by atoms with Gasteiger partial charge in [0.25, 0.3) is 5.91 Å². The van der Waals surface area contributed by atoms with Gasteiger partial charge in [-0.25, -0.2) is 4.98 Å². The second-order valence-corrected chi connectivity index (χ2v) is 6.59. The molecule has 2 amide bonds. The van der Waals surface area contributed by atoms with E-state index in [1.165, 1.54) is 11.3 Å². The third-order valence-corrected chi connectivity index (χ3v) is 5.21. The van der Waals surface area contributed by atoms with Crippen LogP contribution in [0.1, 0.15) is 23.3 Å². The Balaban J connectivity index is 1.57. The maximum absolute atomic E-state index is 12.0. The Labute approximate surface area is 130 Å². The van der Waals surface area contributed by atoms with Gasteiger partial charge in [-0.05, 0) is 24.3 Å².